The highest BCUT2D eigenvalue weighted by molar-refractivity contribution is 5.20. The Bertz CT molecular complexity index is 244. The van der Waals surface area contributed by atoms with Crippen LogP contribution >= 0.6 is 0 Å². The first-order valence-electron chi connectivity index (χ1n) is 2.32. The lowest BCUT2D eigenvalue weighted by Crippen LogP contribution is -1.93. The van der Waals surface area contributed by atoms with Crippen LogP contribution in [0.15, 0.2) is 4.63 Å². The summed E-state index contributed by atoms with van der Waals surface area (Å²) < 4.78 is 4.00. The van der Waals surface area contributed by atoms with Crippen molar-refractivity contribution in [3.8, 4) is 0 Å². The molecule has 0 saturated heterocycles. The van der Waals surface area contributed by atoms with E-state index in [1.165, 1.54) is 0 Å². The third-order valence-electron chi connectivity index (χ3n) is 0.859. The molecule has 54 valence electrons. The standard InChI is InChI=1S/C3H3N3O4/c7-1-2-3(6(8)9)5-10-4-2/h7H,1H2. The Morgan fingerprint density at radius 3 is 2.80 bits per heavy atom. The lowest BCUT2D eigenvalue weighted by Gasteiger charge is -1.85. The zero-order chi connectivity index (χ0) is 7.56. The first-order valence-corrected chi connectivity index (χ1v) is 2.32. The fraction of sp³-hybridized carbons (Fsp3) is 0.333. The Hall–Kier alpha value is -1.50. The van der Waals surface area contributed by atoms with Gasteiger partial charge >= 0.3 is 5.82 Å². The molecule has 1 N–H and O–H groups in total. The second kappa shape index (κ2) is 2.40. The molecule has 1 rings (SSSR count). The van der Waals surface area contributed by atoms with Crippen molar-refractivity contribution in [2.45, 2.75) is 6.61 Å². The van der Waals surface area contributed by atoms with Gasteiger partial charge in [-0.05, 0) is 10.1 Å². The van der Waals surface area contributed by atoms with Crippen LogP contribution in [0.5, 0.6) is 0 Å². The molecule has 7 nitrogen and oxygen atoms in total. The minimum atomic E-state index is -0.776. The van der Waals surface area contributed by atoms with Crippen LogP contribution in [0, 0.1) is 10.1 Å². The molecule has 0 atom stereocenters. The van der Waals surface area contributed by atoms with E-state index in [-0.39, 0.29) is 5.69 Å². The van der Waals surface area contributed by atoms with Gasteiger partial charge in [-0.25, -0.2) is 0 Å². The molecule has 1 aromatic heterocycles. The van der Waals surface area contributed by atoms with Gasteiger partial charge in [-0.1, -0.05) is 0 Å². The van der Waals surface area contributed by atoms with E-state index in [9.17, 15) is 10.1 Å². The summed E-state index contributed by atoms with van der Waals surface area (Å²) in [6.07, 6.45) is 0. The minimum absolute atomic E-state index is 0.162. The Kier molecular flexibility index (Phi) is 1.59. The summed E-state index contributed by atoms with van der Waals surface area (Å²) in [4.78, 5) is 9.20. The number of aliphatic hydroxyl groups excluding tert-OH is 1. The Balaban J connectivity index is 3.01. The predicted octanol–water partition coefficient (Wildman–Crippen LogP) is -0.530. The largest absolute Gasteiger partial charge is 0.440 e. The first kappa shape index (κ1) is 6.62. The van der Waals surface area contributed by atoms with Gasteiger partial charge in [-0.2, -0.15) is 0 Å². The van der Waals surface area contributed by atoms with Crippen molar-refractivity contribution in [2.75, 3.05) is 0 Å². The molecule has 0 amide bonds. The van der Waals surface area contributed by atoms with Crippen LogP contribution in [0.4, 0.5) is 5.82 Å². The molecule has 0 bridgehead atoms. The molecule has 0 aliphatic carbocycles. The second-order valence-corrected chi connectivity index (χ2v) is 1.45. The molecule has 0 aliphatic heterocycles. The zero-order valence-corrected chi connectivity index (χ0v) is 4.72. The van der Waals surface area contributed by atoms with Crippen LogP contribution in [-0.4, -0.2) is 20.3 Å². The number of nitro groups is 1. The molecular weight excluding hydrogens is 142 g/mol. The van der Waals surface area contributed by atoms with Crippen LogP contribution in [0.3, 0.4) is 0 Å². The highest BCUT2D eigenvalue weighted by Gasteiger charge is 2.20. The highest BCUT2D eigenvalue weighted by atomic mass is 16.6. The molecule has 1 heterocycles. The number of nitrogens with zero attached hydrogens (tertiary/aromatic N) is 3. The second-order valence-electron chi connectivity index (χ2n) is 1.45. The maximum absolute atomic E-state index is 9.97. The average Bonchev–Trinajstić information content (AvgIpc) is 2.33. The summed E-state index contributed by atoms with van der Waals surface area (Å²) >= 11 is 0. The third kappa shape index (κ3) is 0.935. The van der Waals surface area contributed by atoms with Gasteiger partial charge in [0.25, 0.3) is 0 Å². The van der Waals surface area contributed by atoms with E-state index < -0.39 is 17.3 Å². The number of hydrogen-bond donors (Lipinski definition) is 1. The summed E-state index contributed by atoms with van der Waals surface area (Å²) in [7, 11) is 0. The molecule has 1 aromatic rings. The molecule has 0 aromatic carbocycles. The SMILES string of the molecule is O=[N+]([O-])c1nonc1CO. The van der Waals surface area contributed by atoms with E-state index in [4.69, 9.17) is 5.11 Å². The van der Waals surface area contributed by atoms with Crippen molar-refractivity contribution >= 4 is 5.82 Å². The van der Waals surface area contributed by atoms with E-state index in [0.717, 1.165) is 0 Å². The average molecular weight is 145 g/mol. The van der Waals surface area contributed by atoms with E-state index >= 15 is 0 Å². The minimum Gasteiger partial charge on any atom is -0.390 e. The molecule has 0 saturated carbocycles. The van der Waals surface area contributed by atoms with Crippen LogP contribution in [0.2, 0.25) is 0 Å². The van der Waals surface area contributed by atoms with Crippen LogP contribution in [0.25, 0.3) is 0 Å². The van der Waals surface area contributed by atoms with Crippen LogP contribution < -0.4 is 0 Å². The molecular formula is C3H3N3O4. The molecule has 0 spiro atoms. The monoisotopic (exact) mass is 145 g/mol. The van der Waals surface area contributed by atoms with Crippen molar-refractivity contribution in [3.63, 3.8) is 0 Å². The molecule has 0 unspecified atom stereocenters. The van der Waals surface area contributed by atoms with Gasteiger partial charge in [0.1, 0.15) is 0 Å². The maximum Gasteiger partial charge on any atom is 0.440 e. The van der Waals surface area contributed by atoms with Gasteiger partial charge in [0, 0.05) is 0 Å². The number of aliphatic hydroxyl groups is 1. The number of rotatable bonds is 2. The highest BCUT2D eigenvalue weighted by Crippen LogP contribution is 2.10. The fourth-order valence-electron chi connectivity index (χ4n) is 0.440. The smallest absolute Gasteiger partial charge is 0.390 e. The van der Waals surface area contributed by atoms with Crippen molar-refractivity contribution in [1.29, 1.82) is 0 Å². The van der Waals surface area contributed by atoms with Gasteiger partial charge in [0.15, 0.2) is 5.16 Å². The van der Waals surface area contributed by atoms with Gasteiger partial charge in [0.2, 0.25) is 5.69 Å². The lowest BCUT2D eigenvalue weighted by atomic mass is 10.5. The summed E-state index contributed by atoms with van der Waals surface area (Å²) in [6, 6.07) is 0. The molecule has 0 radical (unpaired) electrons. The Morgan fingerprint density at radius 2 is 2.40 bits per heavy atom. The van der Waals surface area contributed by atoms with Gasteiger partial charge in [-0.15, -0.1) is 4.63 Å². The van der Waals surface area contributed by atoms with Gasteiger partial charge < -0.3 is 15.2 Å². The molecule has 7 heteroatoms. The van der Waals surface area contributed by atoms with Gasteiger partial charge in [-0.3, -0.25) is 0 Å². The van der Waals surface area contributed by atoms with Crippen LogP contribution in [-0.2, 0) is 6.61 Å². The summed E-state index contributed by atoms with van der Waals surface area (Å²) in [5, 5.41) is 24.4. The topological polar surface area (TPSA) is 102 Å². The normalized spacial score (nSPS) is 9.70. The number of hydrogen-bond acceptors (Lipinski definition) is 6. The van der Waals surface area contributed by atoms with Gasteiger partial charge in [0.05, 0.1) is 6.61 Å². The lowest BCUT2D eigenvalue weighted by molar-refractivity contribution is -0.391. The zero-order valence-electron chi connectivity index (χ0n) is 4.72. The van der Waals surface area contributed by atoms with Crippen molar-refractivity contribution in [2.24, 2.45) is 0 Å². The fourth-order valence-corrected chi connectivity index (χ4v) is 0.440. The predicted molar refractivity (Wildman–Crippen MR) is 26.9 cm³/mol. The maximum atomic E-state index is 9.97. The van der Waals surface area contributed by atoms with E-state index in [0.29, 0.717) is 0 Å². The Morgan fingerprint density at radius 1 is 1.70 bits per heavy atom. The summed E-state index contributed by atoms with van der Waals surface area (Å²) in [5.41, 5.74) is -0.162. The van der Waals surface area contributed by atoms with Crippen LogP contribution in [0.1, 0.15) is 5.69 Å². The quantitative estimate of drug-likeness (QED) is 0.443. The van der Waals surface area contributed by atoms with Crippen molar-refractivity contribution in [1.82, 2.24) is 10.3 Å². The van der Waals surface area contributed by atoms with E-state index in [1.54, 1.807) is 0 Å². The molecule has 0 aliphatic rings. The summed E-state index contributed by atoms with van der Waals surface area (Å²) in [5.74, 6) is -0.539. The Labute approximate surface area is 54.4 Å². The first-order chi connectivity index (χ1) is 4.75. The molecule has 0 fully saturated rings. The number of aromatic nitrogens is 2. The van der Waals surface area contributed by atoms with E-state index in [1.807, 2.05) is 0 Å². The van der Waals surface area contributed by atoms with Crippen molar-refractivity contribution in [3.05, 3.63) is 15.8 Å². The summed E-state index contributed by atoms with van der Waals surface area (Å²) in [6.45, 7) is -0.542. The van der Waals surface area contributed by atoms with E-state index in [2.05, 4.69) is 14.9 Å². The van der Waals surface area contributed by atoms with Crippen molar-refractivity contribution < 1.29 is 14.7 Å². The molecule has 10 heavy (non-hydrogen) atoms. The third-order valence-corrected chi connectivity index (χ3v) is 0.859.